The fourth-order valence-corrected chi connectivity index (χ4v) is 3.32. The van der Waals surface area contributed by atoms with Crippen molar-refractivity contribution in [2.75, 3.05) is 18.0 Å². The first kappa shape index (κ1) is 14.5. The van der Waals surface area contributed by atoms with Crippen LogP contribution in [-0.4, -0.2) is 32.8 Å². The van der Waals surface area contributed by atoms with E-state index in [1.54, 1.807) is 24.4 Å². The van der Waals surface area contributed by atoms with Crippen LogP contribution in [0.1, 0.15) is 12.5 Å². The number of halogens is 2. The second kappa shape index (κ2) is 5.86. The van der Waals surface area contributed by atoms with Crippen molar-refractivity contribution < 1.29 is 4.52 Å². The van der Waals surface area contributed by atoms with Crippen LogP contribution in [-0.2, 0) is 0 Å². The number of hydrogen-bond donors (Lipinski definition) is 0. The van der Waals surface area contributed by atoms with E-state index in [1.165, 1.54) is 0 Å². The average molecular weight is 350 g/mol. The van der Waals surface area contributed by atoms with Crippen molar-refractivity contribution in [3.8, 4) is 11.5 Å². The molecule has 2 aromatic heterocycles. The first-order chi connectivity index (χ1) is 11.2. The van der Waals surface area contributed by atoms with Gasteiger partial charge in [-0.3, -0.25) is 0 Å². The summed E-state index contributed by atoms with van der Waals surface area (Å²) in [6.07, 6.45) is 6.62. The van der Waals surface area contributed by atoms with E-state index >= 15 is 0 Å². The Balaban J connectivity index is 1.54. The molecule has 1 aromatic carbocycles. The predicted molar refractivity (Wildman–Crippen MR) is 87.8 cm³/mol. The Morgan fingerprint density at radius 3 is 2.74 bits per heavy atom. The van der Waals surface area contributed by atoms with Crippen LogP contribution in [0.15, 0.2) is 41.4 Å². The minimum absolute atomic E-state index is 0.375. The molecule has 1 unspecified atom stereocenters. The summed E-state index contributed by atoms with van der Waals surface area (Å²) < 4.78 is 7.47. The number of benzene rings is 1. The average Bonchev–Trinajstić information content (AvgIpc) is 3.26. The number of aromatic nitrogens is 4. The third-order valence-corrected chi connectivity index (χ3v) is 4.35. The van der Waals surface area contributed by atoms with E-state index in [9.17, 15) is 0 Å². The first-order valence-corrected chi connectivity index (χ1v) is 7.97. The minimum Gasteiger partial charge on any atom is -0.336 e. The lowest BCUT2D eigenvalue weighted by Gasteiger charge is -2.13. The van der Waals surface area contributed by atoms with Crippen LogP contribution < -0.4 is 4.90 Å². The lowest BCUT2D eigenvalue weighted by atomic mass is 10.2. The van der Waals surface area contributed by atoms with E-state index < -0.39 is 0 Å². The molecule has 0 amide bonds. The Morgan fingerprint density at radius 2 is 2.00 bits per heavy atom. The Morgan fingerprint density at radius 1 is 1.17 bits per heavy atom. The van der Waals surface area contributed by atoms with E-state index in [2.05, 4.69) is 24.6 Å². The number of hydrogen-bond acceptors (Lipinski definition) is 5. The molecule has 1 saturated heterocycles. The number of rotatable bonds is 3. The molecule has 23 heavy (non-hydrogen) atoms. The Bertz CT molecular complexity index is 797. The fraction of sp³-hybridized carbons (Fsp3) is 0.267. The van der Waals surface area contributed by atoms with Crippen LogP contribution in [0.3, 0.4) is 0 Å². The normalized spacial score (nSPS) is 17.8. The summed E-state index contributed by atoms with van der Waals surface area (Å²) in [7, 11) is 0. The summed E-state index contributed by atoms with van der Waals surface area (Å²) in [5.41, 5.74) is 0.714. The lowest BCUT2D eigenvalue weighted by molar-refractivity contribution is 0.429. The summed E-state index contributed by atoms with van der Waals surface area (Å²) in [6, 6.07) is 5.55. The van der Waals surface area contributed by atoms with Crippen molar-refractivity contribution in [1.82, 2.24) is 19.7 Å². The zero-order valence-electron chi connectivity index (χ0n) is 12.1. The zero-order valence-corrected chi connectivity index (χ0v) is 13.6. The fourth-order valence-electron chi connectivity index (χ4n) is 2.79. The molecule has 1 fully saturated rings. The maximum absolute atomic E-state index is 6.02. The SMILES string of the molecule is Clc1cc(Cl)cc(-c2nc(N3CCC(n4ccnc4)C3)no2)c1. The molecule has 8 heteroatoms. The standard InChI is InChI=1S/C15H13Cl2N5O/c16-11-5-10(6-12(17)7-11)14-19-15(20-23-14)21-3-1-13(8-21)22-4-2-18-9-22/h2,4-7,9,13H,1,3,8H2. The van der Waals surface area contributed by atoms with Crippen LogP contribution in [0.4, 0.5) is 5.95 Å². The summed E-state index contributed by atoms with van der Waals surface area (Å²) in [4.78, 5) is 10.7. The quantitative estimate of drug-likeness (QED) is 0.721. The predicted octanol–water partition coefficient (Wildman–Crippen LogP) is 3.69. The molecule has 1 aliphatic rings. The van der Waals surface area contributed by atoms with Crippen molar-refractivity contribution in [2.24, 2.45) is 0 Å². The minimum atomic E-state index is 0.375. The van der Waals surface area contributed by atoms with Gasteiger partial charge in [0.2, 0.25) is 0 Å². The maximum Gasteiger partial charge on any atom is 0.266 e. The van der Waals surface area contributed by atoms with Crippen LogP contribution >= 0.6 is 23.2 Å². The van der Waals surface area contributed by atoms with E-state index in [0.29, 0.717) is 33.5 Å². The van der Waals surface area contributed by atoms with E-state index in [4.69, 9.17) is 27.7 Å². The molecule has 3 heterocycles. The van der Waals surface area contributed by atoms with Gasteiger partial charge in [0, 0.05) is 41.1 Å². The lowest BCUT2D eigenvalue weighted by Crippen LogP contribution is -2.21. The molecule has 0 radical (unpaired) electrons. The van der Waals surface area contributed by atoms with E-state index in [1.807, 2.05) is 12.5 Å². The molecule has 0 bridgehead atoms. The van der Waals surface area contributed by atoms with Gasteiger partial charge in [-0.2, -0.15) is 4.98 Å². The topological polar surface area (TPSA) is 60.0 Å². The molecule has 6 nitrogen and oxygen atoms in total. The smallest absolute Gasteiger partial charge is 0.266 e. The number of imidazole rings is 1. The van der Waals surface area contributed by atoms with Gasteiger partial charge in [0.1, 0.15) is 0 Å². The van der Waals surface area contributed by atoms with Gasteiger partial charge in [-0.25, -0.2) is 4.98 Å². The van der Waals surface area contributed by atoms with Crippen molar-refractivity contribution in [3.05, 3.63) is 47.0 Å². The van der Waals surface area contributed by atoms with E-state index in [-0.39, 0.29) is 0 Å². The Labute approximate surface area is 142 Å². The highest BCUT2D eigenvalue weighted by atomic mass is 35.5. The van der Waals surface area contributed by atoms with Gasteiger partial charge in [0.15, 0.2) is 0 Å². The van der Waals surface area contributed by atoms with Gasteiger partial charge in [0.05, 0.1) is 12.4 Å². The molecule has 4 rings (SSSR count). The molecule has 3 aromatic rings. The third-order valence-electron chi connectivity index (χ3n) is 3.92. The van der Waals surface area contributed by atoms with Gasteiger partial charge in [0.25, 0.3) is 11.8 Å². The van der Waals surface area contributed by atoms with Crippen LogP contribution in [0.25, 0.3) is 11.5 Å². The van der Waals surface area contributed by atoms with Crippen LogP contribution in [0.5, 0.6) is 0 Å². The number of anilines is 1. The molecule has 1 aliphatic heterocycles. The van der Waals surface area contributed by atoms with Gasteiger partial charge in [-0.05, 0) is 29.8 Å². The highest BCUT2D eigenvalue weighted by Gasteiger charge is 2.27. The summed E-state index contributed by atoms with van der Waals surface area (Å²) in [5, 5.41) is 5.15. The summed E-state index contributed by atoms with van der Waals surface area (Å²) in [6.45, 7) is 1.70. The first-order valence-electron chi connectivity index (χ1n) is 7.21. The molecule has 0 spiro atoms. The highest BCUT2D eigenvalue weighted by molar-refractivity contribution is 6.35. The molecule has 0 N–H and O–H groups in total. The van der Waals surface area contributed by atoms with Crippen LogP contribution in [0, 0.1) is 0 Å². The van der Waals surface area contributed by atoms with Crippen molar-refractivity contribution in [1.29, 1.82) is 0 Å². The maximum atomic E-state index is 6.02. The van der Waals surface area contributed by atoms with Crippen molar-refractivity contribution in [2.45, 2.75) is 12.5 Å². The van der Waals surface area contributed by atoms with Gasteiger partial charge >= 0.3 is 0 Å². The highest BCUT2D eigenvalue weighted by Crippen LogP contribution is 2.29. The van der Waals surface area contributed by atoms with Crippen molar-refractivity contribution in [3.63, 3.8) is 0 Å². The largest absolute Gasteiger partial charge is 0.336 e. The molecule has 0 aliphatic carbocycles. The molecule has 118 valence electrons. The van der Waals surface area contributed by atoms with E-state index in [0.717, 1.165) is 19.5 Å². The summed E-state index contributed by atoms with van der Waals surface area (Å²) in [5.74, 6) is 0.995. The third kappa shape index (κ3) is 2.92. The van der Waals surface area contributed by atoms with Crippen LogP contribution in [0.2, 0.25) is 10.0 Å². The van der Waals surface area contributed by atoms with Crippen molar-refractivity contribution >= 4 is 29.2 Å². The molecule has 1 atom stereocenters. The van der Waals surface area contributed by atoms with Gasteiger partial charge in [-0.1, -0.05) is 23.2 Å². The van der Waals surface area contributed by atoms with Gasteiger partial charge in [-0.15, -0.1) is 0 Å². The molecule has 0 saturated carbocycles. The second-order valence-corrected chi connectivity index (χ2v) is 6.33. The zero-order chi connectivity index (χ0) is 15.8. The Kier molecular flexibility index (Phi) is 3.71. The second-order valence-electron chi connectivity index (χ2n) is 5.46. The number of nitrogens with zero attached hydrogens (tertiary/aromatic N) is 5. The van der Waals surface area contributed by atoms with Gasteiger partial charge < -0.3 is 14.0 Å². The monoisotopic (exact) mass is 349 g/mol. The Hall–Kier alpha value is -2.05. The molecular formula is C15H13Cl2N5O. The molecular weight excluding hydrogens is 337 g/mol. The summed E-state index contributed by atoms with van der Waals surface area (Å²) >= 11 is 12.0.